The van der Waals surface area contributed by atoms with E-state index in [0.29, 0.717) is 0 Å². The third-order valence-corrected chi connectivity index (χ3v) is 1.11. The second-order valence-corrected chi connectivity index (χ2v) is 3.02. The molecule has 0 atom stereocenters. The van der Waals surface area contributed by atoms with Crippen LogP contribution in [-0.4, -0.2) is 15.0 Å². The summed E-state index contributed by atoms with van der Waals surface area (Å²) < 4.78 is 1.83. The van der Waals surface area contributed by atoms with Gasteiger partial charge in [-0.2, -0.15) is 0 Å². The second kappa shape index (κ2) is 4.11. The lowest BCUT2D eigenvalue weighted by Crippen LogP contribution is -2.22. The van der Waals surface area contributed by atoms with Crippen molar-refractivity contribution in [2.24, 2.45) is 0 Å². The van der Waals surface area contributed by atoms with E-state index in [0.717, 1.165) is 0 Å². The largest absolute Gasteiger partial charge is 0.247 e. The number of rotatable bonds is 0. The average Bonchev–Trinajstić information content (AvgIpc) is 2.40. The molecule has 1 aromatic heterocycles. The zero-order valence-corrected chi connectivity index (χ0v) is 8.00. The van der Waals surface area contributed by atoms with E-state index in [4.69, 9.17) is 0 Å². The molecule has 0 fully saturated rings. The molecule has 0 aliphatic carbocycles. The fourth-order valence-electron chi connectivity index (χ4n) is 0.566. The monoisotopic (exact) mass is 155 g/mol. The van der Waals surface area contributed by atoms with Gasteiger partial charge in [-0.05, 0) is 20.8 Å². The molecule has 1 heterocycles. The molecule has 0 saturated carbocycles. The van der Waals surface area contributed by atoms with E-state index in [9.17, 15) is 0 Å². The molecule has 0 unspecified atom stereocenters. The molecule has 1 rings (SSSR count). The zero-order chi connectivity index (χ0) is 8.91. The Labute approximate surface area is 68.4 Å². The molecule has 3 heteroatoms. The maximum Gasteiger partial charge on any atom is 0.0693 e. The lowest BCUT2D eigenvalue weighted by atomic mass is 10.1. The van der Waals surface area contributed by atoms with E-state index in [1.54, 1.807) is 6.20 Å². The Hall–Kier alpha value is -0.860. The Morgan fingerprint density at radius 3 is 1.91 bits per heavy atom. The molecule has 0 radical (unpaired) electrons. The molecular formula is C8H17N3. The van der Waals surface area contributed by atoms with Crippen LogP contribution >= 0.6 is 0 Å². The first-order chi connectivity index (χ1) is 5.11. The summed E-state index contributed by atoms with van der Waals surface area (Å²) in [5.41, 5.74) is 0.0660. The van der Waals surface area contributed by atoms with Gasteiger partial charge in [0.05, 0.1) is 11.7 Å². The Morgan fingerprint density at radius 1 is 1.18 bits per heavy atom. The minimum absolute atomic E-state index is 0.0660. The van der Waals surface area contributed by atoms with Crippen molar-refractivity contribution in [1.82, 2.24) is 15.0 Å². The third kappa shape index (κ3) is 3.16. The highest BCUT2D eigenvalue weighted by Crippen LogP contribution is 2.09. The molecule has 0 saturated heterocycles. The van der Waals surface area contributed by atoms with Crippen LogP contribution in [-0.2, 0) is 5.54 Å². The smallest absolute Gasteiger partial charge is 0.0693 e. The van der Waals surface area contributed by atoms with Crippen molar-refractivity contribution in [3.8, 4) is 0 Å². The van der Waals surface area contributed by atoms with Gasteiger partial charge in [-0.3, -0.25) is 0 Å². The van der Waals surface area contributed by atoms with Crippen LogP contribution in [0.25, 0.3) is 0 Å². The van der Waals surface area contributed by atoms with Gasteiger partial charge < -0.3 is 0 Å². The fraction of sp³-hybridized carbons (Fsp3) is 0.750. The van der Waals surface area contributed by atoms with Gasteiger partial charge in [0, 0.05) is 6.20 Å². The average molecular weight is 155 g/mol. The van der Waals surface area contributed by atoms with Gasteiger partial charge in [-0.15, -0.1) is 5.10 Å². The molecule has 0 aliphatic rings. The fourth-order valence-corrected chi connectivity index (χ4v) is 0.566. The standard InChI is InChI=1S/C6H11N3.C2H6/c1-6(2,3)9-5-4-7-8-9;1-2/h4-5H,1-3H3;1-2H3. The van der Waals surface area contributed by atoms with Gasteiger partial charge >= 0.3 is 0 Å². The SMILES string of the molecule is CC.CC(C)(C)n1ccnn1. The number of hydrogen-bond donors (Lipinski definition) is 0. The molecule has 11 heavy (non-hydrogen) atoms. The minimum atomic E-state index is 0.0660. The maximum atomic E-state index is 3.85. The summed E-state index contributed by atoms with van der Waals surface area (Å²) in [6.45, 7) is 10.3. The summed E-state index contributed by atoms with van der Waals surface area (Å²) in [7, 11) is 0. The van der Waals surface area contributed by atoms with E-state index in [-0.39, 0.29) is 5.54 Å². The van der Waals surface area contributed by atoms with Crippen LogP contribution in [0.2, 0.25) is 0 Å². The van der Waals surface area contributed by atoms with Crippen LogP contribution in [0, 0.1) is 0 Å². The number of hydrogen-bond acceptors (Lipinski definition) is 2. The molecule has 0 N–H and O–H groups in total. The van der Waals surface area contributed by atoms with Gasteiger partial charge in [0.15, 0.2) is 0 Å². The van der Waals surface area contributed by atoms with Gasteiger partial charge in [0.25, 0.3) is 0 Å². The van der Waals surface area contributed by atoms with Gasteiger partial charge in [-0.25, -0.2) is 4.68 Å². The van der Waals surface area contributed by atoms with Gasteiger partial charge in [0.1, 0.15) is 0 Å². The Kier molecular flexibility index (Phi) is 3.79. The highest BCUT2D eigenvalue weighted by atomic mass is 15.4. The molecule has 3 nitrogen and oxygen atoms in total. The summed E-state index contributed by atoms with van der Waals surface area (Å²) in [6, 6.07) is 0. The zero-order valence-electron chi connectivity index (χ0n) is 8.00. The molecule has 1 aromatic rings. The van der Waals surface area contributed by atoms with E-state index < -0.39 is 0 Å². The highest BCUT2D eigenvalue weighted by Gasteiger charge is 2.11. The summed E-state index contributed by atoms with van der Waals surface area (Å²) in [6.07, 6.45) is 3.55. The van der Waals surface area contributed by atoms with Crippen LogP contribution in [0.15, 0.2) is 12.4 Å². The van der Waals surface area contributed by atoms with Crippen LogP contribution in [0.4, 0.5) is 0 Å². The predicted octanol–water partition coefficient (Wildman–Crippen LogP) is 2.06. The molecule has 64 valence electrons. The summed E-state index contributed by atoms with van der Waals surface area (Å²) in [4.78, 5) is 0. The van der Waals surface area contributed by atoms with Gasteiger partial charge in [-0.1, -0.05) is 19.1 Å². The van der Waals surface area contributed by atoms with Crippen molar-refractivity contribution in [3.05, 3.63) is 12.4 Å². The molecule has 0 spiro atoms. The maximum absolute atomic E-state index is 3.85. The molecular weight excluding hydrogens is 138 g/mol. The van der Waals surface area contributed by atoms with Crippen LogP contribution in [0.5, 0.6) is 0 Å². The van der Waals surface area contributed by atoms with E-state index in [1.807, 2.05) is 24.7 Å². The van der Waals surface area contributed by atoms with Crippen molar-refractivity contribution in [2.75, 3.05) is 0 Å². The summed E-state index contributed by atoms with van der Waals surface area (Å²) in [5.74, 6) is 0. The molecule has 0 amide bonds. The van der Waals surface area contributed by atoms with E-state index in [1.165, 1.54) is 0 Å². The Balaban J connectivity index is 0.000000461. The highest BCUT2D eigenvalue weighted by molar-refractivity contribution is 4.74. The van der Waals surface area contributed by atoms with Crippen LogP contribution in [0.3, 0.4) is 0 Å². The van der Waals surface area contributed by atoms with Crippen molar-refractivity contribution in [2.45, 2.75) is 40.2 Å². The quantitative estimate of drug-likeness (QED) is 0.574. The molecule has 0 aromatic carbocycles. The molecule has 0 aliphatic heterocycles. The Morgan fingerprint density at radius 2 is 1.73 bits per heavy atom. The van der Waals surface area contributed by atoms with Crippen molar-refractivity contribution in [1.29, 1.82) is 0 Å². The predicted molar refractivity (Wildman–Crippen MR) is 46.4 cm³/mol. The van der Waals surface area contributed by atoms with Crippen molar-refractivity contribution < 1.29 is 0 Å². The van der Waals surface area contributed by atoms with E-state index in [2.05, 4.69) is 31.1 Å². The first-order valence-corrected chi connectivity index (χ1v) is 3.97. The lowest BCUT2D eigenvalue weighted by Gasteiger charge is -2.17. The topological polar surface area (TPSA) is 30.7 Å². The van der Waals surface area contributed by atoms with Crippen LogP contribution in [0.1, 0.15) is 34.6 Å². The lowest BCUT2D eigenvalue weighted by molar-refractivity contribution is 0.347. The Bertz CT molecular complexity index is 172. The normalized spacial score (nSPS) is 10.3. The third-order valence-electron chi connectivity index (χ3n) is 1.11. The van der Waals surface area contributed by atoms with Gasteiger partial charge in [0.2, 0.25) is 0 Å². The first-order valence-electron chi connectivity index (χ1n) is 3.97. The van der Waals surface area contributed by atoms with Crippen molar-refractivity contribution in [3.63, 3.8) is 0 Å². The summed E-state index contributed by atoms with van der Waals surface area (Å²) in [5, 5.41) is 7.56. The number of nitrogens with zero attached hydrogens (tertiary/aromatic N) is 3. The summed E-state index contributed by atoms with van der Waals surface area (Å²) >= 11 is 0. The molecule has 0 bridgehead atoms. The van der Waals surface area contributed by atoms with Crippen LogP contribution < -0.4 is 0 Å². The first kappa shape index (κ1) is 10.1. The number of aromatic nitrogens is 3. The second-order valence-electron chi connectivity index (χ2n) is 3.02. The van der Waals surface area contributed by atoms with E-state index >= 15 is 0 Å². The van der Waals surface area contributed by atoms with Crippen molar-refractivity contribution >= 4 is 0 Å². The minimum Gasteiger partial charge on any atom is -0.247 e.